The van der Waals surface area contributed by atoms with Crippen LogP contribution in [-0.4, -0.2) is 44.9 Å². The number of hydrogen-bond acceptors (Lipinski definition) is 10. The highest BCUT2D eigenvalue weighted by Gasteiger charge is 2.30. The highest BCUT2D eigenvalue weighted by molar-refractivity contribution is 5.95. The molecule has 1 aliphatic rings. The standard InChI is InChI=1S/C20H23N3O2.C17H22N4O2/c1-14-19-18(13-24-20(2,3)25-19)17(12-23-14)7-8-22-11-16-6-4-5-15(9-16)10-21;1-11-16(23)15(10-22)14(9-21-11)5-6-20-8-12-3-2-4-13(7-12)17(18)19/h4-6,9,12,22H,7-8,11,13H2,1-3H3;2-4,7,9,20,22-23H,5-6,8,10H2,1H3,(H3,18,19). The fourth-order valence-electron chi connectivity index (χ4n) is 5.29. The van der Waals surface area contributed by atoms with Crippen LogP contribution in [0.15, 0.2) is 60.9 Å². The van der Waals surface area contributed by atoms with E-state index in [4.69, 9.17) is 25.9 Å². The summed E-state index contributed by atoms with van der Waals surface area (Å²) in [7, 11) is 0. The fraction of sp³-hybridized carbons (Fsp3) is 0.351. The average molecular weight is 652 g/mol. The zero-order valence-electron chi connectivity index (χ0n) is 28.1. The number of hydrogen-bond donors (Lipinski definition) is 6. The Balaban J connectivity index is 0.000000218. The Labute approximate surface area is 282 Å². The molecular formula is C37H45N7O4. The number of benzene rings is 2. The van der Waals surface area contributed by atoms with E-state index < -0.39 is 5.79 Å². The Morgan fingerprint density at radius 1 is 0.979 bits per heavy atom. The van der Waals surface area contributed by atoms with Crippen molar-refractivity contribution in [1.29, 1.82) is 10.7 Å². The number of ether oxygens (including phenoxy) is 2. The van der Waals surface area contributed by atoms with Crippen molar-refractivity contribution < 1.29 is 19.7 Å². The van der Waals surface area contributed by atoms with Crippen LogP contribution in [-0.2, 0) is 43.9 Å². The predicted molar refractivity (Wildman–Crippen MR) is 184 cm³/mol. The zero-order valence-corrected chi connectivity index (χ0v) is 28.1. The molecule has 11 heteroatoms. The minimum absolute atomic E-state index is 0.0562. The molecule has 0 radical (unpaired) electrons. The summed E-state index contributed by atoms with van der Waals surface area (Å²) in [6.07, 6.45) is 5.11. The van der Waals surface area contributed by atoms with Crippen molar-refractivity contribution in [2.75, 3.05) is 13.1 Å². The number of pyridine rings is 2. The van der Waals surface area contributed by atoms with Crippen molar-refractivity contribution in [1.82, 2.24) is 20.6 Å². The molecule has 4 aromatic rings. The number of nitriles is 1. The van der Waals surface area contributed by atoms with Gasteiger partial charge in [-0.25, -0.2) is 0 Å². The number of nitrogens with zero attached hydrogens (tertiary/aromatic N) is 3. The third kappa shape index (κ3) is 9.82. The molecule has 2 aromatic carbocycles. The number of nitrogen functional groups attached to an aromatic ring is 1. The Hall–Kier alpha value is -4.86. The maximum absolute atomic E-state index is 9.92. The summed E-state index contributed by atoms with van der Waals surface area (Å²) >= 11 is 0. The minimum atomic E-state index is -0.609. The van der Waals surface area contributed by atoms with Crippen LogP contribution >= 0.6 is 0 Å². The molecule has 0 aliphatic carbocycles. The van der Waals surface area contributed by atoms with Crippen molar-refractivity contribution >= 4 is 5.84 Å². The minimum Gasteiger partial charge on any atom is -0.506 e. The number of aromatic nitrogens is 2. The van der Waals surface area contributed by atoms with Crippen molar-refractivity contribution in [3.63, 3.8) is 0 Å². The maximum atomic E-state index is 9.92. The molecule has 48 heavy (non-hydrogen) atoms. The van der Waals surface area contributed by atoms with E-state index in [0.29, 0.717) is 48.5 Å². The molecule has 0 fully saturated rings. The van der Waals surface area contributed by atoms with Crippen LogP contribution in [0.3, 0.4) is 0 Å². The molecule has 7 N–H and O–H groups in total. The molecule has 252 valence electrons. The van der Waals surface area contributed by atoms with Crippen molar-refractivity contribution in [2.24, 2.45) is 5.73 Å². The average Bonchev–Trinajstić information content (AvgIpc) is 3.08. The second-order valence-corrected chi connectivity index (χ2v) is 12.1. The zero-order chi connectivity index (χ0) is 34.7. The smallest absolute Gasteiger partial charge is 0.205 e. The summed E-state index contributed by atoms with van der Waals surface area (Å²) in [5.41, 5.74) is 14.1. The maximum Gasteiger partial charge on any atom is 0.205 e. The van der Waals surface area contributed by atoms with Gasteiger partial charge < -0.3 is 36.1 Å². The molecule has 0 atom stereocenters. The van der Waals surface area contributed by atoms with Gasteiger partial charge >= 0.3 is 0 Å². The highest BCUT2D eigenvalue weighted by atomic mass is 16.7. The third-order valence-corrected chi connectivity index (χ3v) is 8.00. The van der Waals surface area contributed by atoms with Crippen molar-refractivity contribution in [2.45, 2.75) is 72.6 Å². The predicted octanol–water partition coefficient (Wildman–Crippen LogP) is 4.44. The summed E-state index contributed by atoms with van der Waals surface area (Å²) in [6, 6.07) is 17.4. The van der Waals surface area contributed by atoms with E-state index in [9.17, 15) is 10.2 Å². The summed E-state index contributed by atoms with van der Waals surface area (Å²) in [5.74, 6) is 0.373. The molecule has 5 rings (SSSR count). The molecule has 1 aliphatic heterocycles. The molecule has 2 aromatic heterocycles. The molecular weight excluding hydrogens is 606 g/mol. The lowest BCUT2D eigenvalue weighted by molar-refractivity contribution is -0.180. The normalized spacial score (nSPS) is 13.0. The molecule has 0 saturated carbocycles. The lowest BCUT2D eigenvalue weighted by Gasteiger charge is -2.34. The van der Waals surface area contributed by atoms with E-state index in [1.165, 1.54) is 0 Å². The number of aliphatic hydroxyl groups is 1. The van der Waals surface area contributed by atoms with E-state index in [1.54, 1.807) is 19.2 Å². The molecule has 11 nitrogen and oxygen atoms in total. The van der Waals surface area contributed by atoms with E-state index >= 15 is 0 Å². The van der Waals surface area contributed by atoms with Crippen molar-refractivity contribution in [3.05, 3.63) is 117 Å². The Morgan fingerprint density at radius 2 is 1.60 bits per heavy atom. The number of fused-ring (bicyclic) bond motifs is 1. The molecule has 0 unspecified atom stereocenters. The number of nitrogens with one attached hydrogen (secondary N) is 3. The van der Waals surface area contributed by atoms with Gasteiger partial charge in [0.2, 0.25) is 5.79 Å². The van der Waals surface area contributed by atoms with Crippen LogP contribution in [0, 0.1) is 30.6 Å². The molecule has 0 saturated heterocycles. The number of aromatic hydroxyl groups is 1. The van der Waals surface area contributed by atoms with Crippen LogP contribution in [0.2, 0.25) is 0 Å². The molecule has 3 heterocycles. The van der Waals surface area contributed by atoms with E-state index in [0.717, 1.165) is 58.8 Å². The van der Waals surface area contributed by atoms with Crippen molar-refractivity contribution in [3.8, 4) is 17.6 Å². The first-order valence-corrected chi connectivity index (χ1v) is 15.9. The summed E-state index contributed by atoms with van der Waals surface area (Å²) in [6.45, 7) is 10.7. The van der Waals surface area contributed by atoms with Gasteiger partial charge in [-0.15, -0.1) is 0 Å². The van der Waals surface area contributed by atoms with Gasteiger partial charge in [0.15, 0.2) is 0 Å². The highest BCUT2D eigenvalue weighted by Crippen LogP contribution is 2.35. The van der Waals surface area contributed by atoms with Crippen LogP contribution in [0.25, 0.3) is 0 Å². The SMILES string of the molecule is Cc1ncc(CCNCc2cccc(C#N)c2)c2c1OC(C)(C)OC2.Cc1ncc(CCNCc2cccc(C(=N)N)c2)c(CO)c1O. The summed E-state index contributed by atoms with van der Waals surface area (Å²) < 4.78 is 11.7. The fourth-order valence-corrected chi connectivity index (χ4v) is 5.29. The first kappa shape index (κ1) is 36.0. The summed E-state index contributed by atoms with van der Waals surface area (Å²) in [4.78, 5) is 8.60. The number of amidine groups is 1. The van der Waals surface area contributed by atoms with Gasteiger partial charge in [-0.05, 0) is 80.2 Å². The molecule has 0 spiro atoms. The Bertz CT molecular complexity index is 1770. The van der Waals surface area contributed by atoms with Gasteiger partial charge in [-0.3, -0.25) is 15.4 Å². The second-order valence-electron chi connectivity index (χ2n) is 12.1. The number of aryl methyl sites for hydroxylation is 2. The topological polar surface area (TPSA) is 182 Å². The van der Waals surface area contributed by atoms with Gasteiger partial charge in [0, 0.05) is 56.0 Å². The van der Waals surface area contributed by atoms with Crippen LogP contribution < -0.4 is 21.1 Å². The van der Waals surface area contributed by atoms with E-state index in [-0.39, 0.29) is 18.2 Å². The second kappa shape index (κ2) is 16.8. The lowest BCUT2D eigenvalue weighted by atomic mass is 10.0. The third-order valence-electron chi connectivity index (χ3n) is 8.00. The van der Waals surface area contributed by atoms with Gasteiger partial charge in [-0.1, -0.05) is 30.3 Å². The number of rotatable bonds is 12. The van der Waals surface area contributed by atoms with Crippen LogP contribution in [0.5, 0.6) is 11.5 Å². The monoisotopic (exact) mass is 651 g/mol. The molecule has 0 amide bonds. The Kier molecular flexibility index (Phi) is 12.6. The van der Waals surface area contributed by atoms with E-state index in [1.807, 2.05) is 69.4 Å². The lowest BCUT2D eigenvalue weighted by Crippen LogP contribution is -2.36. The first-order valence-electron chi connectivity index (χ1n) is 15.9. The van der Waals surface area contributed by atoms with E-state index in [2.05, 4.69) is 26.7 Å². The number of aliphatic hydroxyl groups excluding tert-OH is 1. The molecule has 0 bridgehead atoms. The Morgan fingerprint density at radius 3 is 2.27 bits per heavy atom. The van der Waals surface area contributed by atoms with Gasteiger partial charge in [0.25, 0.3) is 0 Å². The van der Waals surface area contributed by atoms with Gasteiger partial charge in [0.1, 0.15) is 17.3 Å². The first-order chi connectivity index (χ1) is 23.0. The summed E-state index contributed by atoms with van der Waals surface area (Å²) in [5, 5.41) is 42.4. The number of nitrogens with two attached hydrogens (primary N) is 1. The largest absolute Gasteiger partial charge is 0.506 e. The van der Waals surface area contributed by atoms with Crippen LogP contribution in [0.1, 0.15) is 69.7 Å². The van der Waals surface area contributed by atoms with Crippen LogP contribution in [0.4, 0.5) is 0 Å². The van der Waals surface area contributed by atoms with Gasteiger partial charge in [0.05, 0.1) is 36.2 Å². The quantitative estimate of drug-likeness (QED) is 0.0728. The van der Waals surface area contributed by atoms with Gasteiger partial charge in [-0.2, -0.15) is 5.26 Å².